The lowest BCUT2D eigenvalue weighted by atomic mass is 9.95. The Morgan fingerprint density at radius 3 is 2.36 bits per heavy atom. The summed E-state index contributed by atoms with van der Waals surface area (Å²) in [7, 11) is 0. The van der Waals surface area contributed by atoms with Crippen molar-refractivity contribution in [2.75, 3.05) is 19.6 Å². The van der Waals surface area contributed by atoms with Crippen LogP contribution in [0.4, 0.5) is 0 Å². The van der Waals surface area contributed by atoms with Crippen molar-refractivity contribution in [3.63, 3.8) is 0 Å². The summed E-state index contributed by atoms with van der Waals surface area (Å²) in [6, 6.07) is 0. The van der Waals surface area contributed by atoms with Gasteiger partial charge in [-0.05, 0) is 19.3 Å². The molecule has 1 aromatic heterocycles. The van der Waals surface area contributed by atoms with Crippen LogP contribution in [-0.4, -0.2) is 57.4 Å². The van der Waals surface area contributed by atoms with Crippen molar-refractivity contribution >= 4 is 17.8 Å². The molecule has 0 aromatic carbocycles. The monoisotopic (exact) mass is 348 g/mol. The van der Waals surface area contributed by atoms with Crippen LogP contribution < -0.4 is 5.32 Å². The summed E-state index contributed by atoms with van der Waals surface area (Å²) in [5.41, 5.74) is -0.0810. The van der Waals surface area contributed by atoms with E-state index in [-0.39, 0.29) is 29.1 Å². The number of likely N-dealkylation sites (tertiary alicyclic amines) is 1. The lowest BCUT2D eigenvalue weighted by Crippen LogP contribution is -2.43. The predicted octanol–water partition coefficient (Wildman–Crippen LogP) is 1.33. The van der Waals surface area contributed by atoms with Gasteiger partial charge in [0.1, 0.15) is 5.69 Å². The minimum Gasteiger partial charge on any atom is -0.476 e. The number of carboxylic acids is 1. The van der Waals surface area contributed by atoms with Gasteiger partial charge < -0.3 is 15.3 Å². The van der Waals surface area contributed by atoms with E-state index in [1.54, 1.807) is 4.90 Å². The fourth-order valence-electron chi connectivity index (χ4n) is 2.79. The number of unbranched alkanes of at least 4 members (excludes halogenated alkanes) is 2. The fourth-order valence-corrected chi connectivity index (χ4v) is 2.79. The maximum absolute atomic E-state index is 12.4. The average Bonchev–Trinajstić information content (AvgIpc) is 2.64. The molecular weight excluding hydrogens is 324 g/mol. The molecule has 0 aliphatic carbocycles. The molecule has 2 heterocycles. The number of carbonyl (C=O) groups is 3. The molecule has 136 valence electrons. The average molecular weight is 348 g/mol. The number of aromatic nitrogens is 2. The van der Waals surface area contributed by atoms with Gasteiger partial charge in [-0.2, -0.15) is 0 Å². The Balaban J connectivity index is 1.81. The van der Waals surface area contributed by atoms with Gasteiger partial charge >= 0.3 is 5.97 Å². The van der Waals surface area contributed by atoms with Crippen molar-refractivity contribution in [1.82, 2.24) is 20.2 Å². The van der Waals surface area contributed by atoms with Crippen LogP contribution in [0.25, 0.3) is 0 Å². The topological polar surface area (TPSA) is 112 Å². The summed E-state index contributed by atoms with van der Waals surface area (Å²) in [5.74, 6) is -1.47. The highest BCUT2D eigenvalue weighted by atomic mass is 16.4. The molecule has 1 aliphatic heterocycles. The number of nitrogens with zero attached hydrogens (tertiary/aromatic N) is 3. The van der Waals surface area contributed by atoms with E-state index >= 15 is 0 Å². The maximum atomic E-state index is 12.4. The molecule has 2 amide bonds. The first-order chi connectivity index (χ1) is 12.0. The van der Waals surface area contributed by atoms with Crippen LogP contribution in [0, 0.1) is 5.92 Å². The van der Waals surface area contributed by atoms with Gasteiger partial charge in [-0.1, -0.05) is 19.8 Å². The van der Waals surface area contributed by atoms with E-state index in [4.69, 9.17) is 5.11 Å². The lowest BCUT2D eigenvalue weighted by molar-refractivity contribution is -0.126. The van der Waals surface area contributed by atoms with Gasteiger partial charge in [0.2, 0.25) is 5.91 Å². The molecule has 0 bridgehead atoms. The Kier molecular flexibility index (Phi) is 6.85. The van der Waals surface area contributed by atoms with Crippen molar-refractivity contribution in [3.05, 3.63) is 23.8 Å². The number of hydrogen-bond acceptors (Lipinski definition) is 5. The molecule has 2 N–H and O–H groups in total. The van der Waals surface area contributed by atoms with Gasteiger partial charge in [0.05, 0.1) is 12.4 Å². The van der Waals surface area contributed by atoms with Crippen LogP contribution in [0.1, 0.15) is 60.0 Å². The molecule has 0 unspecified atom stereocenters. The van der Waals surface area contributed by atoms with Crippen molar-refractivity contribution in [2.45, 2.75) is 39.0 Å². The Hall–Kier alpha value is -2.51. The molecule has 0 atom stereocenters. The first-order valence-corrected chi connectivity index (χ1v) is 8.65. The highest BCUT2D eigenvalue weighted by molar-refractivity contribution is 5.93. The number of piperidine rings is 1. The highest BCUT2D eigenvalue weighted by Gasteiger charge is 2.28. The quantitative estimate of drug-likeness (QED) is 0.719. The Morgan fingerprint density at radius 1 is 1.16 bits per heavy atom. The van der Waals surface area contributed by atoms with Gasteiger partial charge in [0.15, 0.2) is 5.69 Å². The van der Waals surface area contributed by atoms with E-state index in [1.165, 1.54) is 6.20 Å². The summed E-state index contributed by atoms with van der Waals surface area (Å²) in [6.07, 6.45) is 6.70. The zero-order chi connectivity index (χ0) is 18.2. The summed E-state index contributed by atoms with van der Waals surface area (Å²) in [6.45, 7) is 3.79. The molecule has 0 spiro atoms. The number of rotatable bonds is 7. The Labute approximate surface area is 146 Å². The first-order valence-electron chi connectivity index (χ1n) is 8.65. The molecule has 1 fully saturated rings. The predicted molar refractivity (Wildman–Crippen MR) is 90.2 cm³/mol. The summed E-state index contributed by atoms with van der Waals surface area (Å²) in [4.78, 5) is 44.5. The Bertz CT molecular complexity index is 610. The maximum Gasteiger partial charge on any atom is 0.356 e. The smallest absolute Gasteiger partial charge is 0.356 e. The second kappa shape index (κ2) is 9.10. The molecule has 2 rings (SSSR count). The molecule has 1 aromatic rings. The summed E-state index contributed by atoms with van der Waals surface area (Å²) >= 11 is 0. The minimum atomic E-state index is -1.18. The first kappa shape index (κ1) is 18.8. The van der Waals surface area contributed by atoms with Crippen LogP contribution in [-0.2, 0) is 4.79 Å². The number of hydrogen-bond donors (Lipinski definition) is 2. The molecule has 8 nitrogen and oxygen atoms in total. The molecule has 8 heteroatoms. The van der Waals surface area contributed by atoms with Gasteiger partial charge in [-0.25, -0.2) is 14.8 Å². The van der Waals surface area contributed by atoms with Gasteiger partial charge in [-0.15, -0.1) is 0 Å². The number of nitrogens with one attached hydrogen (secondary N) is 1. The zero-order valence-corrected chi connectivity index (χ0v) is 14.4. The zero-order valence-electron chi connectivity index (χ0n) is 14.4. The normalized spacial score (nSPS) is 15.0. The van der Waals surface area contributed by atoms with Crippen LogP contribution >= 0.6 is 0 Å². The highest BCUT2D eigenvalue weighted by Crippen LogP contribution is 2.18. The van der Waals surface area contributed by atoms with E-state index < -0.39 is 5.97 Å². The van der Waals surface area contributed by atoms with Crippen LogP contribution in [0.5, 0.6) is 0 Å². The molecule has 0 radical (unpaired) electrons. The van der Waals surface area contributed by atoms with E-state index in [0.717, 1.165) is 25.5 Å². The summed E-state index contributed by atoms with van der Waals surface area (Å²) < 4.78 is 0. The van der Waals surface area contributed by atoms with Crippen LogP contribution in [0.15, 0.2) is 12.4 Å². The summed E-state index contributed by atoms with van der Waals surface area (Å²) in [5, 5.41) is 11.8. The lowest BCUT2D eigenvalue weighted by Gasteiger charge is -2.31. The van der Waals surface area contributed by atoms with Crippen molar-refractivity contribution in [3.8, 4) is 0 Å². The molecule has 1 saturated heterocycles. The van der Waals surface area contributed by atoms with Crippen LogP contribution in [0.2, 0.25) is 0 Å². The minimum absolute atomic E-state index is 0.0637. The van der Waals surface area contributed by atoms with Gasteiger partial charge in [-0.3, -0.25) is 9.59 Å². The number of carbonyl (C=O) groups excluding carboxylic acids is 2. The van der Waals surface area contributed by atoms with Crippen molar-refractivity contribution in [2.24, 2.45) is 5.92 Å². The Morgan fingerprint density at radius 2 is 1.80 bits per heavy atom. The standard InChI is InChI=1S/C17H24N4O4/c1-2-3-4-7-18-15(22)12-5-8-21(9-6-12)16(23)13-10-20-14(11-19-13)17(24)25/h10-12H,2-9H2,1H3,(H,18,22)(H,24,25). The second-order valence-corrected chi connectivity index (χ2v) is 6.16. The third kappa shape index (κ3) is 5.23. The molecule has 0 saturated carbocycles. The van der Waals surface area contributed by atoms with Crippen molar-refractivity contribution in [1.29, 1.82) is 0 Å². The largest absolute Gasteiger partial charge is 0.476 e. The number of carboxylic acid groups (broad SMARTS) is 1. The van der Waals surface area contributed by atoms with E-state index in [9.17, 15) is 14.4 Å². The van der Waals surface area contributed by atoms with Gasteiger partial charge in [0.25, 0.3) is 5.91 Å². The van der Waals surface area contributed by atoms with E-state index in [2.05, 4.69) is 22.2 Å². The molecule has 1 aliphatic rings. The third-order valence-corrected chi connectivity index (χ3v) is 4.32. The van der Waals surface area contributed by atoms with E-state index in [1.807, 2.05) is 0 Å². The SMILES string of the molecule is CCCCCNC(=O)C1CCN(C(=O)c2cnc(C(=O)O)cn2)CC1. The number of aromatic carboxylic acids is 1. The van der Waals surface area contributed by atoms with Crippen LogP contribution in [0.3, 0.4) is 0 Å². The van der Waals surface area contributed by atoms with E-state index in [0.29, 0.717) is 32.5 Å². The van der Waals surface area contributed by atoms with Gasteiger partial charge in [0, 0.05) is 25.6 Å². The second-order valence-electron chi connectivity index (χ2n) is 6.16. The fraction of sp³-hybridized carbons (Fsp3) is 0.588. The molecular formula is C17H24N4O4. The third-order valence-electron chi connectivity index (χ3n) is 4.32. The number of amides is 2. The van der Waals surface area contributed by atoms with Crippen molar-refractivity contribution < 1.29 is 19.5 Å². The molecule has 25 heavy (non-hydrogen) atoms.